The number of hydrogen-bond acceptors (Lipinski definition) is 5. The Kier molecular flexibility index (Phi) is 6.10. The fourth-order valence-electron chi connectivity index (χ4n) is 4.52. The van der Waals surface area contributed by atoms with Crippen molar-refractivity contribution in [1.29, 1.82) is 0 Å². The average Bonchev–Trinajstić information content (AvgIpc) is 3.23. The highest BCUT2D eigenvalue weighted by Crippen LogP contribution is 2.30. The van der Waals surface area contributed by atoms with Gasteiger partial charge in [0, 0.05) is 34.6 Å². The minimum atomic E-state index is -1.50. The van der Waals surface area contributed by atoms with Crippen LogP contribution in [0.2, 0.25) is 0 Å². The van der Waals surface area contributed by atoms with Gasteiger partial charge in [-0.2, -0.15) is 5.10 Å². The first-order valence-electron chi connectivity index (χ1n) is 12.2. The topological polar surface area (TPSA) is 101 Å². The molecule has 0 radical (unpaired) electrons. The van der Waals surface area contributed by atoms with Gasteiger partial charge in [-0.3, -0.25) is 9.59 Å². The zero-order chi connectivity index (χ0) is 28.0. The molecule has 2 amide bonds. The van der Waals surface area contributed by atoms with E-state index in [-0.39, 0.29) is 33.9 Å². The second-order valence-electron chi connectivity index (χ2n) is 9.06. The molecular formula is C29H19F3N6O2. The third kappa shape index (κ3) is 4.37. The van der Waals surface area contributed by atoms with Gasteiger partial charge in [-0.1, -0.05) is 42.5 Å². The lowest BCUT2D eigenvalue weighted by atomic mass is 10.0. The van der Waals surface area contributed by atoms with Crippen LogP contribution in [0, 0.1) is 24.4 Å². The van der Waals surface area contributed by atoms with Crippen LogP contribution in [0.3, 0.4) is 0 Å². The van der Waals surface area contributed by atoms with Crippen molar-refractivity contribution in [1.82, 2.24) is 19.9 Å². The summed E-state index contributed by atoms with van der Waals surface area (Å²) in [5, 5.41) is 9.40. The Morgan fingerprint density at radius 1 is 0.950 bits per heavy atom. The SMILES string of the molecule is Cc1ccn2nc(-c3ccc(F)cc3F)c(C(=O)N[C@H]3N=C(c4ccccc4)c4cccc(F)c4NC3=O)c2n1. The van der Waals surface area contributed by atoms with E-state index in [4.69, 9.17) is 0 Å². The lowest BCUT2D eigenvalue weighted by Crippen LogP contribution is -2.42. The summed E-state index contributed by atoms with van der Waals surface area (Å²) >= 11 is 0. The molecule has 0 saturated carbocycles. The van der Waals surface area contributed by atoms with E-state index in [1.54, 1.807) is 55.6 Å². The van der Waals surface area contributed by atoms with Crippen LogP contribution in [-0.4, -0.2) is 38.3 Å². The molecule has 11 heteroatoms. The standard InChI is InChI=1S/C29H19F3N6O2/c1-15-12-13-38-27(33-15)22(25(37-38)18-11-10-17(30)14-21(18)32)28(39)36-26-29(40)35-24-19(8-5-9-20(24)31)23(34-26)16-6-3-2-4-7-16/h2-14,26H,1H3,(H,35,40)(H,36,39)/t26-/m1/s1. The van der Waals surface area contributed by atoms with E-state index < -0.39 is 35.4 Å². The summed E-state index contributed by atoms with van der Waals surface area (Å²) in [7, 11) is 0. The molecule has 0 aliphatic carbocycles. The number of aryl methyl sites for hydroxylation is 1. The van der Waals surface area contributed by atoms with Gasteiger partial charge in [0.1, 0.15) is 28.7 Å². The molecule has 0 fully saturated rings. The maximum atomic E-state index is 14.8. The van der Waals surface area contributed by atoms with Gasteiger partial charge in [0.2, 0.25) is 6.17 Å². The highest BCUT2D eigenvalue weighted by Gasteiger charge is 2.32. The van der Waals surface area contributed by atoms with Crippen molar-refractivity contribution >= 4 is 28.9 Å². The Morgan fingerprint density at radius 3 is 2.52 bits per heavy atom. The molecule has 6 rings (SSSR count). The lowest BCUT2D eigenvalue weighted by molar-refractivity contribution is -0.117. The molecule has 1 aliphatic heterocycles. The first-order valence-corrected chi connectivity index (χ1v) is 12.2. The molecule has 0 bridgehead atoms. The van der Waals surface area contributed by atoms with Crippen molar-refractivity contribution in [3.05, 3.63) is 119 Å². The smallest absolute Gasteiger partial charge is 0.269 e. The fraction of sp³-hybridized carbons (Fsp3) is 0.0690. The van der Waals surface area contributed by atoms with Crippen molar-refractivity contribution in [3.8, 4) is 11.3 Å². The van der Waals surface area contributed by atoms with Crippen molar-refractivity contribution in [3.63, 3.8) is 0 Å². The molecule has 5 aromatic rings. The number of benzene rings is 3. The number of carbonyl (C=O) groups excluding carboxylic acids is 2. The van der Waals surface area contributed by atoms with Gasteiger partial charge >= 0.3 is 0 Å². The first kappa shape index (κ1) is 25.0. The molecule has 0 saturated heterocycles. The number of halogens is 3. The maximum Gasteiger partial charge on any atom is 0.269 e. The number of nitrogens with one attached hydrogen (secondary N) is 2. The summed E-state index contributed by atoms with van der Waals surface area (Å²) in [5.41, 5.74) is 1.37. The van der Waals surface area contributed by atoms with E-state index in [9.17, 15) is 22.8 Å². The molecule has 3 heterocycles. The Bertz CT molecular complexity index is 1850. The Labute approximate surface area is 225 Å². The van der Waals surface area contributed by atoms with Gasteiger partial charge in [0.25, 0.3) is 11.8 Å². The molecule has 8 nitrogen and oxygen atoms in total. The van der Waals surface area contributed by atoms with Gasteiger partial charge in [0.05, 0.1) is 11.4 Å². The highest BCUT2D eigenvalue weighted by molar-refractivity contribution is 6.20. The Hall–Kier alpha value is -5.32. The third-order valence-electron chi connectivity index (χ3n) is 6.38. The minimum absolute atomic E-state index is 0.0748. The van der Waals surface area contributed by atoms with Gasteiger partial charge in [-0.25, -0.2) is 27.7 Å². The third-order valence-corrected chi connectivity index (χ3v) is 6.38. The van der Waals surface area contributed by atoms with E-state index in [1.807, 2.05) is 0 Å². The largest absolute Gasteiger partial charge is 0.322 e. The van der Waals surface area contributed by atoms with Crippen molar-refractivity contribution in [2.75, 3.05) is 5.32 Å². The Morgan fingerprint density at radius 2 is 1.75 bits per heavy atom. The summed E-state index contributed by atoms with van der Waals surface area (Å²) in [6.45, 7) is 1.70. The van der Waals surface area contributed by atoms with Crippen LogP contribution in [0.4, 0.5) is 18.9 Å². The maximum absolute atomic E-state index is 14.8. The van der Waals surface area contributed by atoms with Gasteiger partial charge in [0.15, 0.2) is 5.65 Å². The van der Waals surface area contributed by atoms with Crippen LogP contribution in [0.15, 0.2) is 84.0 Å². The van der Waals surface area contributed by atoms with Crippen LogP contribution < -0.4 is 10.6 Å². The van der Waals surface area contributed by atoms with Crippen molar-refractivity contribution in [2.24, 2.45) is 4.99 Å². The molecule has 2 N–H and O–H groups in total. The zero-order valence-corrected chi connectivity index (χ0v) is 20.8. The molecule has 2 aromatic heterocycles. The second kappa shape index (κ2) is 9.77. The van der Waals surface area contributed by atoms with Crippen LogP contribution in [0.25, 0.3) is 16.9 Å². The number of fused-ring (bicyclic) bond motifs is 2. The monoisotopic (exact) mass is 540 g/mol. The normalized spacial score (nSPS) is 14.8. The number of amides is 2. The number of anilines is 1. The predicted octanol–water partition coefficient (Wildman–Crippen LogP) is 4.67. The minimum Gasteiger partial charge on any atom is -0.322 e. The summed E-state index contributed by atoms with van der Waals surface area (Å²) in [6, 6.07) is 17.7. The molecule has 0 spiro atoms. The van der Waals surface area contributed by atoms with E-state index >= 15 is 0 Å². The summed E-state index contributed by atoms with van der Waals surface area (Å²) in [4.78, 5) is 35.9. The van der Waals surface area contributed by atoms with E-state index in [0.717, 1.165) is 6.07 Å². The predicted molar refractivity (Wildman–Crippen MR) is 141 cm³/mol. The van der Waals surface area contributed by atoms with Crippen molar-refractivity contribution < 1.29 is 22.8 Å². The molecular weight excluding hydrogens is 521 g/mol. The van der Waals surface area contributed by atoms with Crippen LogP contribution >= 0.6 is 0 Å². The van der Waals surface area contributed by atoms with E-state index in [2.05, 4.69) is 25.7 Å². The summed E-state index contributed by atoms with van der Waals surface area (Å²) < 4.78 is 44.6. The number of benzodiazepines with no additional fused rings is 1. The van der Waals surface area contributed by atoms with Crippen LogP contribution in [0.1, 0.15) is 27.2 Å². The first-order chi connectivity index (χ1) is 19.3. The number of carbonyl (C=O) groups is 2. The molecule has 198 valence electrons. The van der Waals surface area contributed by atoms with Gasteiger partial charge in [-0.05, 0) is 31.2 Å². The lowest BCUT2D eigenvalue weighted by Gasteiger charge is -2.14. The van der Waals surface area contributed by atoms with Gasteiger partial charge in [-0.15, -0.1) is 0 Å². The summed E-state index contributed by atoms with van der Waals surface area (Å²) in [5.74, 6) is -4.03. The molecule has 3 aromatic carbocycles. The summed E-state index contributed by atoms with van der Waals surface area (Å²) in [6.07, 6.45) is 0.0446. The average molecular weight is 541 g/mol. The fourth-order valence-corrected chi connectivity index (χ4v) is 4.52. The van der Waals surface area contributed by atoms with Crippen LogP contribution in [-0.2, 0) is 4.79 Å². The van der Waals surface area contributed by atoms with Crippen molar-refractivity contribution in [2.45, 2.75) is 13.1 Å². The second-order valence-corrected chi connectivity index (χ2v) is 9.06. The zero-order valence-electron chi connectivity index (χ0n) is 20.8. The quantitative estimate of drug-likeness (QED) is 0.346. The molecule has 1 aliphatic rings. The number of para-hydroxylation sites is 1. The van der Waals surface area contributed by atoms with E-state index in [0.29, 0.717) is 22.9 Å². The Balaban J connectivity index is 1.47. The van der Waals surface area contributed by atoms with Crippen LogP contribution in [0.5, 0.6) is 0 Å². The number of nitrogens with zero attached hydrogens (tertiary/aromatic N) is 4. The number of rotatable bonds is 4. The molecule has 0 unspecified atom stereocenters. The van der Waals surface area contributed by atoms with Gasteiger partial charge < -0.3 is 10.6 Å². The number of hydrogen-bond donors (Lipinski definition) is 2. The highest BCUT2D eigenvalue weighted by atomic mass is 19.1. The number of aromatic nitrogens is 3. The molecule has 40 heavy (non-hydrogen) atoms. The van der Waals surface area contributed by atoms with E-state index in [1.165, 1.54) is 22.7 Å². The molecule has 1 atom stereocenters. The number of aliphatic imine (C=N–C) groups is 1.